The molecule has 3 heteroatoms. The van der Waals surface area contributed by atoms with Crippen molar-refractivity contribution in [1.82, 2.24) is 0 Å². The van der Waals surface area contributed by atoms with Gasteiger partial charge in [-0.25, -0.2) is 0 Å². The van der Waals surface area contributed by atoms with Crippen molar-refractivity contribution >= 4 is 0 Å². The number of hydrogen-bond donors (Lipinski definition) is 1. The second-order valence-corrected chi connectivity index (χ2v) is 6.29. The number of ether oxygens (including phenoxy) is 2. The first-order chi connectivity index (χ1) is 10.1. The fourth-order valence-electron chi connectivity index (χ4n) is 3.58. The van der Waals surface area contributed by atoms with Crippen LogP contribution in [0.3, 0.4) is 0 Å². The van der Waals surface area contributed by atoms with Crippen LogP contribution in [0.5, 0.6) is 5.75 Å². The van der Waals surface area contributed by atoms with Crippen molar-refractivity contribution in [1.29, 1.82) is 0 Å². The number of hydrogen-bond acceptors (Lipinski definition) is 3. The molecule has 118 valence electrons. The predicted octanol–water partition coefficient (Wildman–Crippen LogP) is 4.05. The van der Waals surface area contributed by atoms with E-state index in [4.69, 9.17) is 15.2 Å². The van der Waals surface area contributed by atoms with E-state index in [0.29, 0.717) is 0 Å². The minimum Gasteiger partial charge on any atom is -0.496 e. The Morgan fingerprint density at radius 3 is 2.19 bits per heavy atom. The number of nitrogens with two attached hydrogens (primary N) is 1. The molecule has 0 saturated heterocycles. The third-order valence-electron chi connectivity index (χ3n) is 5.17. The van der Waals surface area contributed by atoms with Crippen molar-refractivity contribution in [2.75, 3.05) is 14.2 Å². The predicted molar refractivity (Wildman–Crippen MR) is 86.8 cm³/mol. The summed E-state index contributed by atoms with van der Waals surface area (Å²) in [5.74, 6) is 0.920. The summed E-state index contributed by atoms with van der Waals surface area (Å²) in [5.41, 5.74) is 9.89. The molecule has 1 aromatic carbocycles. The molecule has 2 rings (SSSR count). The van der Waals surface area contributed by atoms with Gasteiger partial charge >= 0.3 is 0 Å². The second kappa shape index (κ2) is 6.80. The highest BCUT2D eigenvalue weighted by Gasteiger charge is 2.39. The molecule has 0 amide bonds. The number of benzene rings is 1. The van der Waals surface area contributed by atoms with Crippen LogP contribution in [-0.2, 0) is 4.74 Å². The van der Waals surface area contributed by atoms with Crippen molar-refractivity contribution in [3.05, 3.63) is 28.8 Å². The molecule has 1 fully saturated rings. The first-order valence-electron chi connectivity index (χ1n) is 8.00. The quantitative estimate of drug-likeness (QED) is 0.851. The van der Waals surface area contributed by atoms with Gasteiger partial charge in [-0.05, 0) is 37.8 Å². The first-order valence-corrected chi connectivity index (χ1v) is 8.00. The van der Waals surface area contributed by atoms with Gasteiger partial charge in [0.1, 0.15) is 5.75 Å². The van der Waals surface area contributed by atoms with E-state index in [1.165, 1.54) is 36.8 Å². The van der Waals surface area contributed by atoms with Crippen LogP contribution in [0, 0.1) is 13.8 Å². The van der Waals surface area contributed by atoms with Crippen LogP contribution in [0.15, 0.2) is 12.1 Å². The molecule has 3 nitrogen and oxygen atoms in total. The van der Waals surface area contributed by atoms with Gasteiger partial charge in [-0.15, -0.1) is 0 Å². The maximum Gasteiger partial charge on any atom is 0.126 e. The third-order valence-corrected chi connectivity index (χ3v) is 5.17. The zero-order chi connectivity index (χ0) is 15.5. The lowest BCUT2D eigenvalue weighted by Gasteiger charge is -2.38. The van der Waals surface area contributed by atoms with Crippen molar-refractivity contribution in [3.8, 4) is 5.75 Å². The average Bonchev–Trinajstić information content (AvgIpc) is 2.75. The summed E-state index contributed by atoms with van der Waals surface area (Å²) in [7, 11) is 3.53. The SMILES string of the molecule is COc1c(C(N)C2(OC)CCCCCC2)ccc(C)c1C. The molecule has 1 saturated carbocycles. The smallest absolute Gasteiger partial charge is 0.126 e. The molecule has 0 bridgehead atoms. The van der Waals surface area contributed by atoms with Gasteiger partial charge in [0.25, 0.3) is 0 Å². The highest BCUT2D eigenvalue weighted by molar-refractivity contribution is 5.47. The third kappa shape index (κ3) is 3.09. The van der Waals surface area contributed by atoms with Crippen molar-refractivity contribution in [3.63, 3.8) is 0 Å². The van der Waals surface area contributed by atoms with Crippen LogP contribution in [-0.4, -0.2) is 19.8 Å². The van der Waals surface area contributed by atoms with Gasteiger partial charge in [-0.3, -0.25) is 0 Å². The van der Waals surface area contributed by atoms with Gasteiger partial charge in [-0.1, -0.05) is 37.8 Å². The summed E-state index contributed by atoms with van der Waals surface area (Å²) in [4.78, 5) is 0. The van der Waals surface area contributed by atoms with Crippen molar-refractivity contribution in [2.45, 2.75) is 64.0 Å². The molecule has 0 spiro atoms. The minimum atomic E-state index is -0.258. The maximum atomic E-state index is 6.68. The van der Waals surface area contributed by atoms with Crippen LogP contribution >= 0.6 is 0 Å². The molecule has 0 heterocycles. The number of aryl methyl sites for hydroxylation is 1. The maximum absolute atomic E-state index is 6.68. The highest BCUT2D eigenvalue weighted by Crippen LogP contribution is 2.42. The Morgan fingerprint density at radius 1 is 1.05 bits per heavy atom. The summed E-state index contributed by atoms with van der Waals surface area (Å²) in [6.45, 7) is 4.20. The van der Waals surface area contributed by atoms with E-state index in [9.17, 15) is 0 Å². The highest BCUT2D eigenvalue weighted by atomic mass is 16.5. The largest absolute Gasteiger partial charge is 0.496 e. The lowest BCUT2D eigenvalue weighted by Crippen LogP contribution is -2.43. The van der Waals surface area contributed by atoms with E-state index in [0.717, 1.165) is 24.2 Å². The van der Waals surface area contributed by atoms with E-state index in [1.54, 1.807) is 14.2 Å². The summed E-state index contributed by atoms with van der Waals surface area (Å²) in [6, 6.07) is 4.10. The lowest BCUT2D eigenvalue weighted by atomic mass is 9.81. The molecule has 1 atom stereocenters. The standard InChI is InChI=1S/C18H29NO2/c1-13-9-10-15(16(20-3)14(13)2)17(19)18(21-4)11-7-5-6-8-12-18/h9-10,17H,5-8,11-12,19H2,1-4H3. The van der Waals surface area contributed by atoms with Crippen molar-refractivity contribution in [2.24, 2.45) is 5.73 Å². The summed E-state index contributed by atoms with van der Waals surface area (Å²) in [6.07, 6.45) is 6.99. The molecule has 1 aliphatic rings. The van der Waals surface area contributed by atoms with Gasteiger partial charge in [0.15, 0.2) is 0 Å². The lowest BCUT2D eigenvalue weighted by molar-refractivity contribution is -0.0446. The molecule has 0 radical (unpaired) electrons. The zero-order valence-electron chi connectivity index (χ0n) is 13.9. The minimum absolute atomic E-state index is 0.144. The Kier molecular flexibility index (Phi) is 5.28. The van der Waals surface area contributed by atoms with E-state index in [-0.39, 0.29) is 11.6 Å². The fraction of sp³-hybridized carbons (Fsp3) is 0.667. The number of rotatable bonds is 4. The molecule has 0 aromatic heterocycles. The van der Waals surface area contributed by atoms with Gasteiger partial charge in [0.2, 0.25) is 0 Å². The molecule has 1 aliphatic carbocycles. The van der Waals surface area contributed by atoms with E-state index >= 15 is 0 Å². The van der Waals surface area contributed by atoms with Crippen LogP contribution in [0.2, 0.25) is 0 Å². The van der Waals surface area contributed by atoms with Crippen molar-refractivity contribution < 1.29 is 9.47 Å². The molecule has 2 N–H and O–H groups in total. The van der Waals surface area contributed by atoms with E-state index in [1.807, 2.05) is 0 Å². The van der Waals surface area contributed by atoms with Crippen LogP contribution < -0.4 is 10.5 Å². The van der Waals surface area contributed by atoms with Gasteiger partial charge in [0.05, 0.1) is 18.8 Å². The second-order valence-electron chi connectivity index (χ2n) is 6.29. The molecular formula is C18H29NO2. The average molecular weight is 291 g/mol. The zero-order valence-corrected chi connectivity index (χ0v) is 13.9. The summed E-state index contributed by atoms with van der Waals surface area (Å²) < 4.78 is 11.6. The van der Waals surface area contributed by atoms with E-state index in [2.05, 4.69) is 26.0 Å². The topological polar surface area (TPSA) is 44.5 Å². The van der Waals surface area contributed by atoms with Gasteiger partial charge in [0, 0.05) is 12.7 Å². The Bertz CT molecular complexity index is 476. The summed E-state index contributed by atoms with van der Waals surface area (Å²) >= 11 is 0. The Balaban J connectivity index is 2.41. The Hall–Kier alpha value is -1.06. The van der Waals surface area contributed by atoms with Crippen LogP contribution in [0.1, 0.15) is 61.3 Å². The molecule has 1 aromatic rings. The van der Waals surface area contributed by atoms with Crippen LogP contribution in [0.4, 0.5) is 0 Å². The van der Waals surface area contributed by atoms with Crippen LogP contribution in [0.25, 0.3) is 0 Å². The monoisotopic (exact) mass is 291 g/mol. The first kappa shape index (κ1) is 16.3. The number of methoxy groups -OCH3 is 2. The Labute approximate surface area is 128 Å². The molecular weight excluding hydrogens is 262 g/mol. The fourth-order valence-corrected chi connectivity index (χ4v) is 3.58. The summed E-state index contributed by atoms with van der Waals surface area (Å²) in [5, 5.41) is 0. The normalized spacial score (nSPS) is 19.9. The van der Waals surface area contributed by atoms with Gasteiger partial charge in [-0.2, -0.15) is 0 Å². The van der Waals surface area contributed by atoms with E-state index < -0.39 is 0 Å². The van der Waals surface area contributed by atoms with Gasteiger partial charge < -0.3 is 15.2 Å². The molecule has 1 unspecified atom stereocenters. The molecule has 0 aliphatic heterocycles. The Morgan fingerprint density at radius 2 is 1.67 bits per heavy atom. The molecule has 21 heavy (non-hydrogen) atoms.